The number of benzene rings is 3. The van der Waals surface area contributed by atoms with Gasteiger partial charge in [-0.1, -0.05) is 0 Å². The summed E-state index contributed by atoms with van der Waals surface area (Å²) in [5.41, 5.74) is -0.524. The minimum atomic E-state index is -1.28. The molecule has 232 valence electrons. The molecule has 1 saturated heterocycles. The first-order valence-electron chi connectivity index (χ1n) is 14.2. The van der Waals surface area contributed by atoms with Gasteiger partial charge >= 0.3 is 0 Å². The smallest absolute Gasteiger partial charge is 0.264 e. The van der Waals surface area contributed by atoms with Crippen LogP contribution in [0, 0.1) is 5.82 Å². The number of hydrogen-bond acceptors (Lipinski definition) is 8. The molecular formula is C32H34FN3O8. The Kier molecular flexibility index (Phi) is 9.49. The Balaban J connectivity index is 1.44. The number of hydrogen-bond donors (Lipinski definition) is 2. The normalized spacial score (nSPS) is 16.8. The van der Waals surface area contributed by atoms with Crippen LogP contribution in [0.4, 0.5) is 4.39 Å². The molecule has 3 aromatic rings. The molecule has 12 heteroatoms. The highest BCUT2D eigenvalue weighted by Crippen LogP contribution is 2.34. The molecule has 3 aliphatic heterocycles. The van der Waals surface area contributed by atoms with E-state index in [-0.39, 0.29) is 62.5 Å². The van der Waals surface area contributed by atoms with Crippen molar-refractivity contribution in [3.63, 3.8) is 0 Å². The fourth-order valence-electron chi connectivity index (χ4n) is 5.12. The number of carbonyl (C=O) groups excluding carboxylic acids is 3. The van der Waals surface area contributed by atoms with E-state index in [0.29, 0.717) is 41.5 Å². The average molecular weight is 608 g/mol. The summed E-state index contributed by atoms with van der Waals surface area (Å²) >= 11 is 0. The maximum atomic E-state index is 14.7. The van der Waals surface area contributed by atoms with Gasteiger partial charge in [0.25, 0.3) is 11.8 Å². The third-order valence-corrected chi connectivity index (χ3v) is 7.44. The molecule has 6 bridgehead atoms. The monoisotopic (exact) mass is 607 g/mol. The Morgan fingerprint density at radius 2 is 1.70 bits per heavy atom. The molecule has 3 aromatic carbocycles. The van der Waals surface area contributed by atoms with E-state index in [1.807, 2.05) is 0 Å². The van der Waals surface area contributed by atoms with Crippen LogP contribution in [-0.4, -0.2) is 75.3 Å². The Morgan fingerprint density at radius 3 is 2.43 bits per heavy atom. The fraction of sp³-hybridized carbons (Fsp3) is 0.344. The molecule has 1 spiro atoms. The van der Waals surface area contributed by atoms with E-state index in [9.17, 15) is 18.8 Å². The Morgan fingerprint density at radius 1 is 0.955 bits per heavy atom. The average Bonchev–Trinajstić information content (AvgIpc) is 3.02. The zero-order valence-electron chi connectivity index (χ0n) is 24.5. The van der Waals surface area contributed by atoms with E-state index in [4.69, 9.17) is 23.7 Å². The predicted molar refractivity (Wildman–Crippen MR) is 157 cm³/mol. The zero-order valence-corrected chi connectivity index (χ0v) is 24.5. The number of amides is 3. The highest BCUT2D eigenvalue weighted by molar-refractivity contribution is 5.95. The Labute approximate surface area is 254 Å². The second-order valence-corrected chi connectivity index (χ2v) is 10.4. The quantitative estimate of drug-likeness (QED) is 0.464. The first kappa shape index (κ1) is 30.6. The van der Waals surface area contributed by atoms with Crippen molar-refractivity contribution in [1.82, 2.24) is 15.5 Å². The van der Waals surface area contributed by atoms with Gasteiger partial charge in [0, 0.05) is 51.2 Å². The maximum Gasteiger partial charge on any atom is 0.264 e. The van der Waals surface area contributed by atoms with Gasteiger partial charge in [-0.3, -0.25) is 14.4 Å². The van der Waals surface area contributed by atoms with Gasteiger partial charge in [-0.2, -0.15) is 0 Å². The van der Waals surface area contributed by atoms with Crippen LogP contribution in [0.25, 0.3) is 0 Å². The number of ether oxygens (including phenoxy) is 5. The van der Waals surface area contributed by atoms with Gasteiger partial charge in [-0.15, -0.1) is 0 Å². The number of halogens is 1. The van der Waals surface area contributed by atoms with Gasteiger partial charge in [0.1, 0.15) is 36.3 Å². The number of nitrogens with one attached hydrogen (secondary N) is 2. The van der Waals surface area contributed by atoms with Crippen LogP contribution in [0.1, 0.15) is 28.8 Å². The van der Waals surface area contributed by atoms with Crippen LogP contribution in [-0.2, 0) is 20.9 Å². The first-order chi connectivity index (χ1) is 21.3. The van der Waals surface area contributed by atoms with Gasteiger partial charge in [0.15, 0.2) is 17.1 Å². The molecule has 0 aliphatic carbocycles. The molecule has 1 fully saturated rings. The van der Waals surface area contributed by atoms with Crippen LogP contribution in [0.3, 0.4) is 0 Å². The summed E-state index contributed by atoms with van der Waals surface area (Å²) in [4.78, 5) is 40.6. The molecule has 0 aromatic heterocycles. The fourth-order valence-corrected chi connectivity index (χ4v) is 5.12. The molecule has 0 atom stereocenters. The second kappa shape index (κ2) is 13.6. The van der Waals surface area contributed by atoms with Crippen molar-refractivity contribution < 1.29 is 42.5 Å². The summed E-state index contributed by atoms with van der Waals surface area (Å²) in [6.45, 7) is 0.953. The van der Waals surface area contributed by atoms with Crippen molar-refractivity contribution in [1.29, 1.82) is 0 Å². The van der Waals surface area contributed by atoms with Crippen molar-refractivity contribution in [3.05, 3.63) is 77.6 Å². The molecule has 11 nitrogen and oxygen atoms in total. The highest BCUT2D eigenvalue weighted by atomic mass is 19.1. The number of fused-ring (bicyclic) bond motifs is 8. The number of piperidine rings is 1. The molecule has 3 heterocycles. The van der Waals surface area contributed by atoms with E-state index < -0.39 is 17.3 Å². The molecule has 0 radical (unpaired) electrons. The van der Waals surface area contributed by atoms with E-state index in [2.05, 4.69) is 10.6 Å². The van der Waals surface area contributed by atoms with Crippen molar-refractivity contribution in [2.75, 3.05) is 47.1 Å². The van der Waals surface area contributed by atoms with Gasteiger partial charge < -0.3 is 39.2 Å². The van der Waals surface area contributed by atoms with Crippen molar-refractivity contribution >= 4 is 17.7 Å². The summed E-state index contributed by atoms with van der Waals surface area (Å²) in [6.07, 6.45) is 0.472. The topological polar surface area (TPSA) is 125 Å². The van der Waals surface area contributed by atoms with Crippen LogP contribution in [0.5, 0.6) is 28.7 Å². The van der Waals surface area contributed by atoms with Crippen LogP contribution >= 0.6 is 0 Å². The van der Waals surface area contributed by atoms with Crippen molar-refractivity contribution in [2.24, 2.45) is 0 Å². The molecule has 6 rings (SSSR count). The van der Waals surface area contributed by atoms with E-state index in [1.165, 1.54) is 32.4 Å². The third kappa shape index (κ3) is 7.20. The molecular weight excluding hydrogens is 573 g/mol. The Bertz CT molecular complexity index is 1510. The maximum absolute atomic E-state index is 14.7. The molecule has 3 amide bonds. The largest absolute Gasteiger partial charge is 0.493 e. The summed E-state index contributed by atoms with van der Waals surface area (Å²) in [6, 6.07) is 15.6. The minimum Gasteiger partial charge on any atom is -0.493 e. The number of likely N-dealkylation sites (tertiary alicyclic amines) is 1. The minimum absolute atomic E-state index is 0.0171. The molecule has 3 aliphatic rings. The van der Waals surface area contributed by atoms with Crippen LogP contribution < -0.4 is 29.6 Å². The second-order valence-electron chi connectivity index (χ2n) is 10.4. The van der Waals surface area contributed by atoms with Gasteiger partial charge in [0.05, 0.1) is 13.7 Å². The van der Waals surface area contributed by atoms with Gasteiger partial charge in [0.2, 0.25) is 5.91 Å². The summed E-state index contributed by atoms with van der Waals surface area (Å²) < 4.78 is 43.1. The number of methoxy groups -OCH3 is 2. The van der Waals surface area contributed by atoms with Crippen molar-refractivity contribution in [3.8, 4) is 28.7 Å². The van der Waals surface area contributed by atoms with Gasteiger partial charge in [-0.05, 0) is 60.2 Å². The lowest BCUT2D eigenvalue weighted by atomic mass is 9.89. The van der Waals surface area contributed by atoms with Crippen molar-refractivity contribution in [2.45, 2.75) is 25.0 Å². The summed E-state index contributed by atoms with van der Waals surface area (Å²) in [7, 11) is 2.91. The molecule has 2 N–H and O–H groups in total. The molecule has 0 saturated carbocycles. The lowest BCUT2D eigenvalue weighted by molar-refractivity contribution is -0.148. The standard InChI is InChI=1S/C32H34FN3O8/c1-40-20-29(37)36-12-9-32(10-13-36)31(39)35-19-21-15-23(33)18-26(16-21)43-28-17-22(3-8-27(28)41-2)30(38)34-11-14-42-24-4-6-25(44-32)7-5-24/h3-8,15-18H,9-14,19-20H2,1-2H3,(H,34,38)(H,35,39). The van der Waals surface area contributed by atoms with Crippen LogP contribution in [0.2, 0.25) is 0 Å². The van der Waals surface area contributed by atoms with E-state index in [0.717, 1.165) is 0 Å². The summed E-state index contributed by atoms with van der Waals surface area (Å²) in [5, 5.41) is 5.69. The van der Waals surface area contributed by atoms with Crippen LogP contribution in [0.15, 0.2) is 60.7 Å². The summed E-state index contributed by atoms with van der Waals surface area (Å²) in [5.74, 6) is 0.221. The zero-order chi connectivity index (χ0) is 31.1. The number of nitrogens with zero attached hydrogens (tertiary/aromatic N) is 1. The SMILES string of the molecule is COCC(=O)N1CCC2(CC1)Oc1ccc(cc1)OCCNC(=O)c1ccc(OC)c(c1)Oc1cc(F)cc(c1)CNC2=O. The first-order valence-corrected chi connectivity index (χ1v) is 14.2. The predicted octanol–water partition coefficient (Wildman–Crippen LogP) is 3.45. The third-order valence-electron chi connectivity index (χ3n) is 7.44. The lowest BCUT2D eigenvalue weighted by Crippen LogP contribution is -2.58. The number of carbonyl (C=O) groups is 3. The highest BCUT2D eigenvalue weighted by Gasteiger charge is 2.44. The molecule has 0 unspecified atom stereocenters. The Hall–Kier alpha value is -4.84. The number of rotatable bonds is 3. The van der Waals surface area contributed by atoms with E-state index >= 15 is 0 Å². The van der Waals surface area contributed by atoms with E-state index in [1.54, 1.807) is 47.4 Å². The molecule has 44 heavy (non-hydrogen) atoms. The lowest BCUT2D eigenvalue weighted by Gasteiger charge is -2.40. The van der Waals surface area contributed by atoms with Gasteiger partial charge in [-0.25, -0.2) is 4.39 Å².